The molecule has 0 radical (unpaired) electrons. The van der Waals surface area contributed by atoms with E-state index in [9.17, 15) is 0 Å². The van der Waals surface area contributed by atoms with Crippen LogP contribution in [-0.4, -0.2) is 37.6 Å². The number of nitrogens with one attached hydrogen (secondary N) is 1. The van der Waals surface area contributed by atoms with E-state index in [1.54, 1.807) is 0 Å². The minimum atomic E-state index is 0.467. The SMILES string of the molecule is CC(C)CC(CN(C)C)NC1C(C)(C)[C@H]2CC[C@]1(C)C2. The zero-order valence-electron chi connectivity index (χ0n) is 14.8. The zero-order valence-corrected chi connectivity index (χ0v) is 14.8. The topological polar surface area (TPSA) is 15.3 Å². The number of likely N-dealkylation sites (N-methyl/N-ethyl adjacent to an activating group) is 1. The van der Waals surface area contributed by atoms with E-state index in [1.165, 1.54) is 25.7 Å². The molecule has 0 aromatic carbocycles. The second-order valence-electron chi connectivity index (χ2n) is 9.10. The summed E-state index contributed by atoms with van der Waals surface area (Å²) in [7, 11) is 4.39. The molecule has 2 heteroatoms. The first-order valence-electron chi connectivity index (χ1n) is 8.56. The van der Waals surface area contributed by atoms with Gasteiger partial charge < -0.3 is 10.2 Å². The lowest BCUT2D eigenvalue weighted by Gasteiger charge is -2.45. The fourth-order valence-electron chi connectivity index (χ4n) is 5.16. The molecule has 0 aromatic heterocycles. The molecule has 0 saturated heterocycles. The van der Waals surface area contributed by atoms with Crippen molar-refractivity contribution in [1.29, 1.82) is 0 Å². The van der Waals surface area contributed by atoms with E-state index in [0.29, 0.717) is 22.9 Å². The molecule has 0 aromatic rings. The summed E-state index contributed by atoms with van der Waals surface area (Å²) >= 11 is 0. The van der Waals surface area contributed by atoms with Crippen molar-refractivity contribution in [3.8, 4) is 0 Å². The third kappa shape index (κ3) is 3.06. The number of hydrogen-bond donors (Lipinski definition) is 1. The van der Waals surface area contributed by atoms with Crippen molar-refractivity contribution < 1.29 is 0 Å². The fraction of sp³-hybridized carbons (Fsp3) is 1.00. The average Bonchev–Trinajstić information content (AvgIpc) is 2.74. The summed E-state index contributed by atoms with van der Waals surface area (Å²) in [6, 6.07) is 1.32. The second-order valence-corrected chi connectivity index (χ2v) is 9.10. The Kier molecular flexibility index (Phi) is 4.57. The van der Waals surface area contributed by atoms with Crippen LogP contribution in [0.15, 0.2) is 0 Å². The van der Waals surface area contributed by atoms with Gasteiger partial charge in [0.25, 0.3) is 0 Å². The highest BCUT2D eigenvalue weighted by Gasteiger charge is 2.59. The average molecular weight is 280 g/mol. The van der Waals surface area contributed by atoms with Crippen LogP contribution in [0.5, 0.6) is 0 Å². The molecule has 2 fully saturated rings. The molecule has 2 saturated carbocycles. The van der Waals surface area contributed by atoms with E-state index in [0.717, 1.165) is 18.4 Å². The van der Waals surface area contributed by atoms with Crippen molar-refractivity contribution in [3.63, 3.8) is 0 Å². The molecule has 118 valence electrons. The molecular weight excluding hydrogens is 244 g/mol. The quantitative estimate of drug-likeness (QED) is 0.797. The molecule has 0 amide bonds. The summed E-state index contributed by atoms with van der Waals surface area (Å²) < 4.78 is 0. The van der Waals surface area contributed by atoms with Gasteiger partial charge in [-0.3, -0.25) is 0 Å². The van der Waals surface area contributed by atoms with Crippen molar-refractivity contribution >= 4 is 0 Å². The predicted molar refractivity (Wildman–Crippen MR) is 87.9 cm³/mol. The number of fused-ring (bicyclic) bond motifs is 2. The van der Waals surface area contributed by atoms with Gasteiger partial charge in [0.05, 0.1) is 0 Å². The molecule has 2 bridgehead atoms. The fourth-order valence-corrected chi connectivity index (χ4v) is 5.16. The Hall–Kier alpha value is -0.0800. The van der Waals surface area contributed by atoms with E-state index in [2.05, 4.69) is 58.9 Å². The summed E-state index contributed by atoms with van der Waals surface area (Å²) in [6.45, 7) is 13.4. The van der Waals surface area contributed by atoms with Gasteiger partial charge in [0, 0.05) is 18.6 Å². The Morgan fingerprint density at radius 2 is 1.85 bits per heavy atom. The van der Waals surface area contributed by atoms with Crippen LogP contribution in [0.3, 0.4) is 0 Å². The lowest BCUT2D eigenvalue weighted by molar-refractivity contribution is 0.0903. The van der Waals surface area contributed by atoms with E-state index < -0.39 is 0 Å². The molecule has 20 heavy (non-hydrogen) atoms. The third-order valence-electron chi connectivity index (χ3n) is 6.01. The standard InChI is InChI=1S/C18H36N2/c1-13(2)10-15(12-20(6)7)19-16-17(3,4)14-8-9-18(16,5)11-14/h13-16,19H,8-12H2,1-7H3/t14-,15?,16?,18+/m0/s1. The first-order valence-corrected chi connectivity index (χ1v) is 8.56. The maximum Gasteiger partial charge on any atom is 0.0200 e. The maximum atomic E-state index is 4.10. The van der Waals surface area contributed by atoms with Gasteiger partial charge in [-0.2, -0.15) is 0 Å². The number of rotatable bonds is 6. The van der Waals surface area contributed by atoms with Crippen molar-refractivity contribution in [2.24, 2.45) is 22.7 Å². The third-order valence-corrected chi connectivity index (χ3v) is 6.01. The van der Waals surface area contributed by atoms with E-state index in [-0.39, 0.29) is 0 Å². The zero-order chi connectivity index (χ0) is 15.1. The van der Waals surface area contributed by atoms with Crippen molar-refractivity contribution in [3.05, 3.63) is 0 Å². The summed E-state index contributed by atoms with van der Waals surface area (Å²) in [4.78, 5) is 2.34. The normalized spacial score (nSPS) is 37.0. The minimum Gasteiger partial charge on any atom is -0.309 e. The van der Waals surface area contributed by atoms with Gasteiger partial charge in [0.15, 0.2) is 0 Å². The van der Waals surface area contributed by atoms with Gasteiger partial charge in [-0.15, -0.1) is 0 Å². The first kappa shape index (κ1) is 16.3. The molecule has 2 aliphatic rings. The van der Waals surface area contributed by atoms with Crippen LogP contribution in [0.4, 0.5) is 0 Å². The summed E-state index contributed by atoms with van der Waals surface area (Å²) in [5.41, 5.74) is 1.00. The van der Waals surface area contributed by atoms with Gasteiger partial charge in [0.1, 0.15) is 0 Å². The molecule has 0 heterocycles. The molecule has 2 unspecified atom stereocenters. The Labute approximate surface area is 126 Å². The predicted octanol–water partition coefficient (Wildman–Crippen LogP) is 3.77. The van der Waals surface area contributed by atoms with Crippen LogP contribution < -0.4 is 5.32 Å². The van der Waals surface area contributed by atoms with Crippen LogP contribution in [0.2, 0.25) is 0 Å². The molecular formula is C18H36N2. The molecule has 2 nitrogen and oxygen atoms in total. The minimum absolute atomic E-state index is 0.467. The highest BCUT2D eigenvalue weighted by molar-refractivity contribution is 5.12. The van der Waals surface area contributed by atoms with Gasteiger partial charge in [-0.25, -0.2) is 0 Å². The van der Waals surface area contributed by atoms with Crippen molar-refractivity contribution in [2.75, 3.05) is 20.6 Å². The molecule has 1 N–H and O–H groups in total. The van der Waals surface area contributed by atoms with Gasteiger partial charge in [0.2, 0.25) is 0 Å². The Morgan fingerprint density at radius 1 is 1.20 bits per heavy atom. The highest BCUT2D eigenvalue weighted by atomic mass is 15.1. The molecule has 4 atom stereocenters. The van der Waals surface area contributed by atoms with Gasteiger partial charge in [-0.1, -0.05) is 34.6 Å². The summed E-state index contributed by atoms with van der Waals surface area (Å²) in [6.07, 6.45) is 5.60. The van der Waals surface area contributed by atoms with Gasteiger partial charge >= 0.3 is 0 Å². The monoisotopic (exact) mass is 280 g/mol. The van der Waals surface area contributed by atoms with Crippen molar-refractivity contribution in [1.82, 2.24) is 10.2 Å². The smallest absolute Gasteiger partial charge is 0.0200 e. The Morgan fingerprint density at radius 3 is 2.30 bits per heavy atom. The summed E-state index contributed by atoms with van der Waals surface area (Å²) in [5.74, 6) is 1.70. The lowest BCUT2D eigenvalue weighted by Crippen LogP contribution is -2.55. The number of hydrogen-bond acceptors (Lipinski definition) is 2. The molecule has 2 rings (SSSR count). The van der Waals surface area contributed by atoms with E-state index in [4.69, 9.17) is 0 Å². The Bertz CT molecular complexity index is 320. The first-order chi connectivity index (χ1) is 9.15. The molecule has 0 aliphatic heterocycles. The molecule has 2 aliphatic carbocycles. The van der Waals surface area contributed by atoms with Gasteiger partial charge in [-0.05, 0) is 62.4 Å². The van der Waals surface area contributed by atoms with Crippen LogP contribution in [-0.2, 0) is 0 Å². The van der Waals surface area contributed by atoms with Crippen LogP contribution in [0.1, 0.15) is 60.3 Å². The number of nitrogens with zero attached hydrogens (tertiary/aromatic N) is 1. The highest BCUT2D eigenvalue weighted by Crippen LogP contribution is 2.62. The van der Waals surface area contributed by atoms with E-state index in [1.807, 2.05) is 0 Å². The Balaban J connectivity index is 2.09. The van der Waals surface area contributed by atoms with E-state index >= 15 is 0 Å². The second kappa shape index (κ2) is 5.61. The van der Waals surface area contributed by atoms with Crippen LogP contribution in [0.25, 0.3) is 0 Å². The maximum absolute atomic E-state index is 4.10. The van der Waals surface area contributed by atoms with Crippen molar-refractivity contribution in [2.45, 2.75) is 72.4 Å². The largest absolute Gasteiger partial charge is 0.309 e. The molecule has 0 spiro atoms. The summed E-state index contributed by atoms with van der Waals surface area (Å²) in [5, 5.41) is 4.10. The lowest BCUT2D eigenvalue weighted by atomic mass is 9.68. The van der Waals surface area contributed by atoms with Crippen LogP contribution in [0, 0.1) is 22.7 Å². The van der Waals surface area contributed by atoms with Crippen LogP contribution >= 0.6 is 0 Å².